The fourth-order valence-electron chi connectivity index (χ4n) is 1.96. The molecule has 1 aliphatic carbocycles. The second-order valence-corrected chi connectivity index (χ2v) is 4.18. The Hall–Kier alpha value is -0.560. The molecule has 0 fully saturated rings. The van der Waals surface area contributed by atoms with Gasteiger partial charge in [-0.05, 0) is 33.6 Å². The number of aliphatic hydroxyl groups is 1. The lowest BCUT2D eigenvalue weighted by Gasteiger charge is -2.31. The van der Waals surface area contributed by atoms with Crippen molar-refractivity contribution in [3.63, 3.8) is 0 Å². The normalized spacial score (nSPS) is 36.0. The Labute approximate surface area is 74.8 Å². The van der Waals surface area contributed by atoms with Crippen LogP contribution < -0.4 is 0 Å². The summed E-state index contributed by atoms with van der Waals surface area (Å²) < 4.78 is 0. The quantitative estimate of drug-likeness (QED) is 0.594. The molecule has 2 atom stereocenters. The molecule has 0 amide bonds. The molecule has 1 heteroatoms. The summed E-state index contributed by atoms with van der Waals surface area (Å²) in [5.41, 5.74) is 1.88. The van der Waals surface area contributed by atoms with Crippen LogP contribution in [0.4, 0.5) is 0 Å². The fraction of sp³-hybridized carbons (Fsp3) is 0.636. The van der Waals surface area contributed by atoms with Gasteiger partial charge in [0.2, 0.25) is 0 Å². The number of hydrogen-bond acceptors (Lipinski definition) is 1. The van der Waals surface area contributed by atoms with Crippen LogP contribution in [0.1, 0.15) is 33.6 Å². The van der Waals surface area contributed by atoms with Gasteiger partial charge < -0.3 is 5.11 Å². The van der Waals surface area contributed by atoms with Crippen molar-refractivity contribution in [1.29, 1.82) is 0 Å². The highest BCUT2D eigenvalue weighted by Gasteiger charge is 2.26. The van der Waals surface area contributed by atoms with Crippen LogP contribution in [0.15, 0.2) is 23.8 Å². The fourth-order valence-corrected chi connectivity index (χ4v) is 1.96. The van der Waals surface area contributed by atoms with Gasteiger partial charge in [-0.15, -0.1) is 0 Å². The van der Waals surface area contributed by atoms with Gasteiger partial charge in [0, 0.05) is 5.92 Å². The largest absolute Gasteiger partial charge is 0.386 e. The average molecular weight is 166 g/mol. The average Bonchev–Trinajstić information content (AvgIpc) is 1.83. The molecule has 12 heavy (non-hydrogen) atoms. The lowest BCUT2D eigenvalue weighted by molar-refractivity contribution is 0.0880. The summed E-state index contributed by atoms with van der Waals surface area (Å²) in [5, 5.41) is 9.74. The molecule has 1 nitrogen and oxygen atoms in total. The molecule has 0 aromatic rings. The van der Waals surface area contributed by atoms with Crippen LogP contribution in [0.5, 0.6) is 0 Å². The number of rotatable bonds is 1. The van der Waals surface area contributed by atoms with Crippen molar-refractivity contribution in [1.82, 2.24) is 0 Å². The molecule has 1 N–H and O–H groups in total. The van der Waals surface area contributed by atoms with Crippen molar-refractivity contribution in [3.05, 3.63) is 23.8 Å². The van der Waals surface area contributed by atoms with Crippen LogP contribution >= 0.6 is 0 Å². The first kappa shape index (κ1) is 9.53. The monoisotopic (exact) mass is 166 g/mol. The lowest BCUT2D eigenvalue weighted by Crippen LogP contribution is -2.27. The molecule has 0 aromatic heterocycles. The minimum atomic E-state index is -0.587. The van der Waals surface area contributed by atoms with E-state index in [2.05, 4.69) is 20.4 Å². The summed E-state index contributed by atoms with van der Waals surface area (Å²) in [6.45, 7) is 9.95. The Bertz CT molecular complexity index is 223. The van der Waals surface area contributed by atoms with Crippen LogP contribution in [-0.2, 0) is 0 Å². The topological polar surface area (TPSA) is 20.2 Å². The Kier molecular flexibility index (Phi) is 2.43. The Morgan fingerprint density at radius 3 is 2.75 bits per heavy atom. The second kappa shape index (κ2) is 3.06. The van der Waals surface area contributed by atoms with Gasteiger partial charge in [0.05, 0.1) is 5.60 Å². The highest BCUT2D eigenvalue weighted by atomic mass is 16.3. The molecule has 1 rings (SSSR count). The van der Waals surface area contributed by atoms with Gasteiger partial charge in [-0.2, -0.15) is 0 Å². The van der Waals surface area contributed by atoms with E-state index in [4.69, 9.17) is 0 Å². The van der Waals surface area contributed by atoms with Gasteiger partial charge in [-0.1, -0.05) is 23.8 Å². The smallest absolute Gasteiger partial charge is 0.0802 e. The summed E-state index contributed by atoms with van der Waals surface area (Å²) in [6, 6.07) is 0. The van der Waals surface area contributed by atoms with Crippen molar-refractivity contribution in [2.45, 2.75) is 39.2 Å². The predicted octanol–water partition coefficient (Wildman–Crippen LogP) is 2.67. The first-order valence-electron chi connectivity index (χ1n) is 4.49. The minimum absolute atomic E-state index is 0.491. The zero-order chi connectivity index (χ0) is 9.35. The van der Waals surface area contributed by atoms with E-state index in [-0.39, 0.29) is 0 Å². The van der Waals surface area contributed by atoms with Gasteiger partial charge in [0.25, 0.3) is 0 Å². The highest BCUT2D eigenvalue weighted by molar-refractivity contribution is 5.22. The molecule has 0 saturated heterocycles. The Morgan fingerprint density at radius 2 is 2.33 bits per heavy atom. The maximum Gasteiger partial charge on any atom is 0.0802 e. The van der Waals surface area contributed by atoms with Crippen molar-refractivity contribution in [3.8, 4) is 0 Å². The molecule has 68 valence electrons. The predicted molar refractivity (Wildman–Crippen MR) is 51.9 cm³/mol. The van der Waals surface area contributed by atoms with Crippen LogP contribution in [0.2, 0.25) is 0 Å². The molecule has 0 aliphatic heterocycles. The molecule has 1 aliphatic rings. The molecule has 0 spiro atoms. The van der Waals surface area contributed by atoms with E-state index in [0.29, 0.717) is 5.92 Å². The first-order chi connectivity index (χ1) is 5.42. The Balaban J connectivity index is 2.83. The van der Waals surface area contributed by atoms with Crippen molar-refractivity contribution < 1.29 is 5.11 Å². The van der Waals surface area contributed by atoms with E-state index in [1.54, 1.807) is 0 Å². The second-order valence-electron chi connectivity index (χ2n) is 4.18. The SMILES string of the molecule is C=C(C)C1CCC(C)(O)C=C1C. The third-order valence-corrected chi connectivity index (χ3v) is 2.62. The third kappa shape index (κ3) is 1.98. The molecule has 0 radical (unpaired) electrons. The number of allylic oxidation sites excluding steroid dienone is 2. The van der Waals surface area contributed by atoms with E-state index < -0.39 is 5.60 Å². The van der Waals surface area contributed by atoms with Crippen LogP contribution in [0.3, 0.4) is 0 Å². The van der Waals surface area contributed by atoms with Crippen molar-refractivity contribution in [2.75, 3.05) is 0 Å². The standard InChI is InChI=1S/C11H18O/c1-8(2)10-5-6-11(4,12)7-9(10)3/h7,10,12H,1,5-6H2,2-4H3. The molecular formula is C11H18O. The summed E-state index contributed by atoms with van der Waals surface area (Å²) in [5.74, 6) is 0.491. The molecule has 0 aromatic carbocycles. The van der Waals surface area contributed by atoms with E-state index in [0.717, 1.165) is 12.8 Å². The van der Waals surface area contributed by atoms with Gasteiger partial charge >= 0.3 is 0 Å². The third-order valence-electron chi connectivity index (χ3n) is 2.62. The molecule has 0 saturated carbocycles. The molecule has 0 bridgehead atoms. The van der Waals surface area contributed by atoms with E-state index in [1.807, 2.05) is 13.0 Å². The van der Waals surface area contributed by atoms with Crippen molar-refractivity contribution >= 4 is 0 Å². The summed E-state index contributed by atoms with van der Waals surface area (Å²) in [4.78, 5) is 0. The molecular weight excluding hydrogens is 148 g/mol. The van der Waals surface area contributed by atoms with Crippen LogP contribution in [-0.4, -0.2) is 10.7 Å². The number of hydrogen-bond donors (Lipinski definition) is 1. The highest BCUT2D eigenvalue weighted by Crippen LogP contribution is 2.34. The summed E-state index contributed by atoms with van der Waals surface area (Å²) in [6.07, 6.45) is 3.85. The zero-order valence-corrected chi connectivity index (χ0v) is 8.22. The molecule has 2 unspecified atom stereocenters. The molecule has 0 heterocycles. The lowest BCUT2D eigenvalue weighted by atomic mass is 9.78. The zero-order valence-electron chi connectivity index (χ0n) is 8.22. The maximum atomic E-state index is 9.74. The Morgan fingerprint density at radius 1 is 1.75 bits per heavy atom. The summed E-state index contributed by atoms with van der Waals surface area (Å²) >= 11 is 0. The van der Waals surface area contributed by atoms with Gasteiger partial charge in [-0.25, -0.2) is 0 Å². The first-order valence-corrected chi connectivity index (χ1v) is 4.49. The van der Waals surface area contributed by atoms with E-state index in [9.17, 15) is 5.11 Å². The van der Waals surface area contributed by atoms with Gasteiger partial charge in [0.1, 0.15) is 0 Å². The van der Waals surface area contributed by atoms with Crippen LogP contribution in [0.25, 0.3) is 0 Å². The van der Waals surface area contributed by atoms with E-state index >= 15 is 0 Å². The minimum Gasteiger partial charge on any atom is -0.386 e. The summed E-state index contributed by atoms with van der Waals surface area (Å²) in [7, 11) is 0. The van der Waals surface area contributed by atoms with E-state index in [1.165, 1.54) is 11.1 Å². The maximum absolute atomic E-state index is 9.74. The van der Waals surface area contributed by atoms with Crippen LogP contribution in [0, 0.1) is 5.92 Å². The van der Waals surface area contributed by atoms with Crippen molar-refractivity contribution in [2.24, 2.45) is 5.92 Å². The van der Waals surface area contributed by atoms with Gasteiger partial charge in [-0.3, -0.25) is 0 Å². The van der Waals surface area contributed by atoms with Gasteiger partial charge in [0.15, 0.2) is 0 Å².